The molecule has 2 fully saturated rings. The van der Waals surface area contributed by atoms with E-state index in [2.05, 4.69) is 82.5 Å². The average molecular weight is 501 g/mol. The smallest absolute Gasteiger partial charge is 0.240 e. The van der Waals surface area contributed by atoms with Crippen molar-refractivity contribution in [2.75, 3.05) is 69.7 Å². The zero-order valence-electron chi connectivity index (χ0n) is 22.5. The maximum Gasteiger partial charge on any atom is 0.240 e. The van der Waals surface area contributed by atoms with Crippen molar-refractivity contribution in [2.45, 2.75) is 32.4 Å². The highest BCUT2D eigenvalue weighted by atomic mass is 16.2. The quantitative estimate of drug-likeness (QED) is 0.536. The first-order chi connectivity index (χ1) is 18.0. The lowest BCUT2D eigenvalue weighted by molar-refractivity contribution is -0.117. The number of aryl methyl sites for hydroxylation is 1. The number of rotatable bonds is 7. The Morgan fingerprint density at radius 1 is 1.00 bits per heavy atom. The molecule has 0 atom stereocenters. The van der Waals surface area contributed by atoms with Crippen molar-refractivity contribution < 1.29 is 4.79 Å². The van der Waals surface area contributed by atoms with Crippen LogP contribution in [-0.4, -0.2) is 86.6 Å². The summed E-state index contributed by atoms with van der Waals surface area (Å²) in [6.07, 6.45) is 2.14. The topological polar surface area (TPSA) is 55.0 Å². The molecule has 196 valence electrons. The standard InChI is InChI=1S/C30H40N6O/c1-23-19-29(36-17-15-33(2)16-18-36)32-28-10-9-26(20-27(23)28)34(3)30(37)21-31-25-11-13-35(14-12-25)22-24-7-5-4-6-8-24/h4-10,19-20,25,31H,11-18,21-22H2,1-3H3. The number of hydrogen-bond acceptors (Lipinski definition) is 6. The lowest BCUT2D eigenvalue weighted by Gasteiger charge is -2.33. The summed E-state index contributed by atoms with van der Waals surface area (Å²) in [6, 6.07) is 19.4. The van der Waals surface area contributed by atoms with Crippen molar-refractivity contribution in [2.24, 2.45) is 0 Å². The van der Waals surface area contributed by atoms with Crippen molar-refractivity contribution in [3.05, 3.63) is 65.7 Å². The normalized spacial score (nSPS) is 17.9. The number of fused-ring (bicyclic) bond motifs is 1. The number of carbonyl (C=O) groups excluding carboxylic acids is 1. The summed E-state index contributed by atoms with van der Waals surface area (Å²) in [4.78, 5) is 27.0. The molecule has 0 bridgehead atoms. The monoisotopic (exact) mass is 500 g/mol. The summed E-state index contributed by atoms with van der Waals surface area (Å²) in [7, 11) is 4.04. The number of hydrogen-bond donors (Lipinski definition) is 1. The third-order valence-electron chi connectivity index (χ3n) is 7.95. The Kier molecular flexibility index (Phi) is 8.03. The van der Waals surface area contributed by atoms with Crippen LogP contribution in [0.4, 0.5) is 11.5 Å². The number of piperidine rings is 1. The minimum atomic E-state index is 0.0886. The van der Waals surface area contributed by atoms with E-state index in [9.17, 15) is 4.79 Å². The van der Waals surface area contributed by atoms with Gasteiger partial charge in [-0.05, 0) is 75.3 Å². The Morgan fingerprint density at radius 3 is 2.46 bits per heavy atom. The summed E-state index contributed by atoms with van der Waals surface area (Å²) in [5.41, 5.74) is 4.46. The first kappa shape index (κ1) is 25.6. The van der Waals surface area contributed by atoms with Gasteiger partial charge in [0.2, 0.25) is 5.91 Å². The average Bonchev–Trinajstić information content (AvgIpc) is 2.93. The van der Waals surface area contributed by atoms with Crippen molar-refractivity contribution >= 4 is 28.3 Å². The lowest BCUT2D eigenvalue weighted by atomic mass is 10.0. The first-order valence-electron chi connectivity index (χ1n) is 13.6. The second-order valence-corrected chi connectivity index (χ2v) is 10.7. The van der Waals surface area contributed by atoms with E-state index in [1.54, 1.807) is 4.90 Å². The number of pyridine rings is 1. The van der Waals surface area contributed by atoms with E-state index in [0.717, 1.165) is 81.1 Å². The highest BCUT2D eigenvalue weighted by Gasteiger charge is 2.21. The number of benzene rings is 2. The number of likely N-dealkylation sites (N-methyl/N-ethyl adjacent to an activating group) is 2. The summed E-state index contributed by atoms with van der Waals surface area (Å²) >= 11 is 0. The van der Waals surface area contributed by atoms with Crippen LogP contribution < -0.4 is 15.1 Å². The second-order valence-electron chi connectivity index (χ2n) is 10.7. The maximum atomic E-state index is 13.0. The predicted molar refractivity (Wildman–Crippen MR) is 152 cm³/mol. The molecule has 7 nitrogen and oxygen atoms in total. The maximum absolute atomic E-state index is 13.0. The van der Waals surface area contributed by atoms with Crippen LogP contribution in [0.3, 0.4) is 0 Å². The molecule has 2 aromatic carbocycles. The first-order valence-corrected chi connectivity index (χ1v) is 13.6. The van der Waals surface area contributed by atoms with Gasteiger partial charge >= 0.3 is 0 Å². The molecule has 0 unspecified atom stereocenters. The van der Waals surface area contributed by atoms with E-state index in [1.807, 2.05) is 13.1 Å². The van der Waals surface area contributed by atoms with Gasteiger partial charge < -0.3 is 20.0 Å². The van der Waals surface area contributed by atoms with E-state index in [4.69, 9.17) is 4.98 Å². The summed E-state index contributed by atoms with van der Waals surface area (Å²) in [5.74, 6) is 1.14. The molecule has 7 heteroatoms. The fourth-order valence-corrected chi connectivity index (χ4v) is 5.40. The fourth-order valence-electron chi connectivity index (χ4n) is 5.40. The number of nitrogens with one attached hydrogen (secondary N) is 1. The van der Waals surface area contributed by atoms with Crippen LogP contribution in [0.1, 0.15) is 24.0 Å². The molecule has 1 amide bonds. The number of likely N-dealkylation sites (tertiary alicyclic amines) is 1. The molecule has 2 aliphatic rings. The Labute approximate surface area is 221 Å². The SMILES string of the molecule is Cc1cc(N2CCN(C)CC2)nc2ccc(N(C)C(=O)CNC3CCN(Cc4ccccc4)CC3)cc12. The molecule has 0 saturated carbocycles. The van der Waals surface area contributed by atoms with Gasteiger partial charge in [-0.1, -0.05) is 30.3 Å². The molecule has 3 heterocycles. The van der Waals surface area contributed by atoms with Crippen LogP contribution in [0, 0.1) is 6.92 Å². The lowest BCUT2D eigenvalue weighted by Crippen LogP contribution is -2.45. The number of nitrogens with zero attached hydrogens (tertiary/aromatic N) is 5. The number of carbonyl (C=O) groups is 1. The fraction of sp³-hybridized carbons (Fsp3) is 0.467. The van der Waals surface area contributed by atoms with Crippen LogP contribution >= 0.6 is 0 Å². The third-order valence-corrected chi connectivity index (χ3v) is 7.95. The molecule has 2 aliphatic heterocycles. The summed E-state index contributed by atoms with van der Waals surface area (Å²) < 4.78 is 0. The zero-order chi connectivity index (χ0) is 25.8. The number of piperazine rings is 1. The van der Waals surface area contributed by atoms with Gasteiger partial charge in [0.25, 0.3) is 0 Å². The van der Waals surface area contributed by atoms with Crippen LogP contribution in [0.25, 0.3) is 10.9 Å². The van der Waals surface area contributed by atoms with Gasteiger partial charge in [-0.25, -0.2) is 4.98 Å². The van der Waals surface area contributed by atoms with Crippen molar-refractivity contribution in [3.63, 3.8) is 0 Å². The van der Waals surface area contributed by atoms with Crippen LogP contribution in [0.5, 0.6) is 0 Å². The largest absolute Gasteiger partial charge is 0.354 e. The number of amides is 1. The van der Waals surface area contributed by atoms with Crippen molar-refractivity contribution in [1.29, 1.82) is 0 Å². The minimum absolute atomic E-state index is 0.0886. The molecular formula is C30H40N6O. The Morgan fingerprint density at radius 2 is 1.73 bits per heavy atom. The van der Waals surface area contributed by atoms with Gasteiger partial charge in [0.1, 0.15) is 5.82 Å². The summed E-state index contributed by atoms with van der Waals surface area (Å²) in [6.45, 7) is 9.75. The summed E-state index contributed by atoms with van der Waals surface area (Å²) in [5, 5.41) is 4.62. The van der Waals surface area contributed by atoms with Gasteiger partial charge in [0.15, 0.2) is 0 Å². The second kappa shape index (κ2) is 11.6. The Balaban J connectivity index is 1.15. The van der Waals surface area contributed by atoms with Crippen LogP contribution in [0.15, 0.2) is 54.6 Å². The van der Waals surface area contributed by atoms with E-state index in [-0.39, 0.29) is 5.91 Å². The third kappa shape index (κ3) is 6.29. The van der Waals surface area contributed by atoms with Crippen LogP contribution in [-0.2, 0) is 11.3 Å². The van der Waals surface area contributed by atoms with Gasteiger partial charge in [-0.2, -0.15) is 0 Å². The minimum Gasteiger partial charge on any atom is -0.354 e. The molecule has 37 heavy (non-hydrogen) atoms. The van der Waals surface area contributed by atoms with Crippen LogP contribution in [0.2, 0.25) is 0 Å². The molecule has 3 aromatic rings. The Bertz CT molecular complexity index is 1200. The molecular weight excluding hydrogens is 460 g/mol. The van der Waals surface area contributed by atoms with Crippen molar-refractivity contribution in [3.8, 4) is 0 Å². The van der Waals surface area contributed by atoms with E-state index >= 15 is 0 Å². The molecule has 1 N–H and O–H groups in total. The molecule has 1 aromatic heterocycles. The van der Waals surface area contributed by atoms with Gasteiger partial charge in [0.05, 0.1) is 12.1 Å². The molecule has 2 saturated heterocycles. The van der Waals surface area contributed by atoms with Gasteiger partial charge in [-0.3, -0.25) is 9.69 Å². The van der Waals surface area contributed by atoms with Gasteiger partial charge in [-0.15, -0.1) is 0 Å². The van der Waals surface area contributed by atoms with E-state index < -0.39 is 0 Å². The van der Waals surface area contributed by atoms with Crippen molar-refractivity contribution in [1.82, 2.24) is 20.1 Å². The van der Waals surface area contributed by atoms with Gasteiger partial charge in [0, 0.05) is 56.9 Å². The highest BCUT2D eigenvalue weighted by molar-refractivity contribution is 5.97. The number of aromatic nitrogens is 1. The predicted octanol–water partition coefficient (Wildman–Crippen LogP) is 3.51. The highest BCUT2D eigenvalue weighted by Crippen LogP contribution is 2.27. The zero-order valence-corrected chi connectivity index (χ0v) is 22.5. The van der Waals surface area contributed by atoms with E-state index in [0.29, 0.717) is 12.6 Å². The van der Waals surface area contributed by atoms with E-state index in [1.165, 1.54) is 11.1 Å². The Hall–Kier alpha value is -3.00. The number of anilines is 2. The molecule has 0 spiro atoms. The molecule has 0 aliphatic carbocycles. The molecule has 5 rings (SSSR count). The molecule has 0 radical (unpaired) electrons.